The highest BCUT2D eigenvalue weighted by Crippen LogP contribution is 2.24. The fourth-order valence-electron chi connectivity index (χ4n) is 2.31. The third-order valence-corrected chi connectivity index (χ3v) is 4.79. The summed E-state index contributed by atoms with van der Waals surface area (Å²) in [7, 11) is 0. The normalized spacial score (nSPS) is 12.0. The molecule has 0 saturated heterocycles. The van der Waals surface area contributed by atoms with Crippen LogP contribution in [0.15, 0.2) is 30.3 Å². The molecule has 2 N–H and O–H groups in total. The first-order valence-corrected chi connectivity index (χ1v) is 7.85. The number of carbonyl (C=O) groups excluding carboxylic acids is 1. The van der Waals surface area contributed by atoms with E-state index in [1.165, 1.54) is 11.3 Å². The minimum Gasteiger partial charge on any atom is -0.481 e. The van der Waals surface area contributed by atoms with Crippen LogP contribution in [0.1, 0.15) is 43.7 Å². The van der Waals surface area contributed by atoms with Crippen molar-refractivity contribution in [2.45, 2.75) is 33.2 Å². The molecule has 4 nitrogen and oxygen atoms in total. The molecule has 0 aliphatic carbocycles. The third-order valence-electron chi connectivity index (χ3n) is 3.64. The predicted octanol–water partition coefficient (Wildman–Crippen LogP) is 3.62. The number of nitrogens with one attached hydrogen (secondary N) is 1. The topological polar surface area (TPSA) is 66.4 Å². The van der Waals surface area contributed by atoms with Gasteiger partial charge in [-0.1, -0.05) is 24.3 Å². The zero-order valence-electron chi connectivity index (χ0n) is 12.8. The Balaban J connectivity index is 2.25. The predicted molar refractivity (Wildman–Crippen MR) is 87.4 cm³/mol. The molecule has 2 aromatic rings. The van der Waals surface area contributed by atoms with Gasteiger partial charge >= 0.3 is 5.97 Å². The second-order valence-electron chi connectivity index (χ2n) is 5.33. The minimum atomic E-state index is -0.938. The fraction of sp³-hybridized carbons (Fsp3) is 0.294. The molecule has 0 spiro atoms. The van der Waals surface area contributed by atoms with E-state index in [0.29, 0.717) is 4.88 Å². The monoisotopic (exact) mass is 317 g/mol. The van der Waals surface area contributed by atoms with Crippen LogP contribution >= 0.6 is 11.3 Å². The molecule has 1 heterocycles. The van der Waals surface area contributed by atoms with Crippen molar-refractivity contribution in [2.75, 3.05) is 0 Å². The van der Waals surface area contributed by atoms with Crippen molar-refractivity contribution in [3.05, 3.63) is 56.8 Å². The molecule has 5 heteroatoms. The largest absolute Gasteiger partial charge is 0.481 e. The average Bonchev–Trinajstić information content (AvgIpc) is 2.78. The second kappa shape index (κ2) is 6.75. The highest BCUT2D eigenvalue weighted by Gasteiger charge is 2.21. The first-order valence-electron chi connectivity index (χ1n) is 7.03. The summed E-state index contributed by atoms with van der Waals surface area (Å²) in [6.45, 7) is 5.83. The Morgan fingerprint density at radius 3 is 2.41 bits per heavy atom. The number of carboxylic acid groups (broad SMARTS) is 1. The highest BCUT2D eigenvalue weighted by atomic mass is 32.1. The zero-order valence-corrected chi connectivity index (χ0v) is 13.7. The number of carboxylic acids is 1. The summed E-state index contributed by atoms with van der Waals surface area (Å²) in [5.74, 6) is -1.16. The lowest BCUT2D eigenvalue weighted by Gasteiger charge is -2.19. The number of aliphatic carboxylic acids is 1. The molecule has 22 heavy (non-hydrogen) atoms. The number of hydrogen-bond acceptors (Lipinski definition) is 3. The van der Waals surface area contributed by atoms with Gasteiger partial charge in [-0.15, -0.1) is 11.3 Å². The van der Waals surface area contributed by atoms with Crippen molar-refractivity contribution in [1.29, 1.82) is 0 Å². The molecule has 1 atom stereocenters. The van der Waals surface area contributed by atoms with Crippen molar-refractivity contribution in [3.8, 4) is 0 Å². The van der Waals surface area contributed by atoms with Crippen molar-refractivity contribution < 1.29 is 14.7 Å². The Hall–Kier alpha value is -2.14. The number of aryl methyl sites for hydroxylation is 3. The summed E-state index contributed by atoms with van der Waals surface area (Å²) in [6.07, 6.45) is -0.139. The van der Waals surface area contributed by atoms with E-state index in [2.05, 4.69) is 5.32 Å². The molecule has 2 rings (SSSR count). The molecule has 0 bridgehead atoms. The van der Waals surface area contributed by atoms with E-state index >= 15 is 0 Å². The molecule has 0 aliphatic heterocycles. The standard InChI is InChI=1S/C17H19NO3S/c1-10-6-4-5-7-13(10)14(9-16(19)20)18-17(21)15-8-11(2)12(3)22-15/h4-8,14H,9H2,1-3H3,(H,18,21)(H,19,20). The van der Waals surface area contributed by atoms with E-state index in [9.17, 15) is 9.59 Å². The molecular formula is C17H19NO3S. The lowest BCUT2D eigenvalue weighted by Crippen LogP contribution is -2.30. The maximum Gasteiger partial charge on any atom is 0.305 e. The minimum absolute atomic E-state index is 0.139. The molecule has 0 saturated carbocycles. The summed E-state index contributed by atoms with van der Waals surface area (Å²) in [5, 5.41) is 12.0. The van der Waals surface area contributed by atoms with Crippen LogP contribution in [0.4, 0.5) is 0 Å². The van der Waals surface area contributed by atoms with Crippen molar-refractivity contribution in [1.82, 2.24) is 5.32 Å². The highest BCUT2D eigenvalue weighted by molar-refractivity contribution is 7.14. The SMILES string of the molecule is Cc1ccccc1C(CC(=O)O)NC(=O)c1cc(C)c(C)s1. The maximum absolute atomic E-state index is 12.4. The molecule has 0 radical (unpaired) electrons. The van der Waals surface area contributed by atoms with Crippen molar-refractivity contribution in [3.63, 3.8) is 0 Å². The fourth-order valence-corrected chi connectivity index (χ4v) is 3.24. The summed E-state index contributed by atoms with van der Waals surface area (Å²) in [4.78, 5) is 25.2. The van der Waals surface area contributed by atoms with Crippen LogP contribution in [0.5, 0.6) is 0 Å². The number of thiophene rings is 1. The second-order valence-corrected chi connectivity index (χ2v) is 6.59. The van der Waals surface area contributed by atoms with Crippen LogP contribution in [-0.2, 0) is 4.79 Å². The van der Waals surface area contributed by atoms with Crippen molar-refractivity contribution >= 4 is 23.2 Å². The van der Waals surface area contributed by atoms with Crippen LogP contribution in [0.3, 0.4) is 0 Å². The molecule has 0 fully saturated rings. The van der Waals surface area contributed by atoms with Gasteiger partial charge in [0, 0.05) is 4.88 Å². The van der Waals surface area contributed by atoms with Crippen LogP contribution in [0, 0.1) is 20.8 Å². The Morgan fingerprint density at radius 1 is 1.18 bits per heavy atom. The van der Waals surface area contributed by atoms with Gasteiger partial charge in [0.1, 0.15) is 0 Å². The number of rotatable bonds is 5. The first kappa shape index (κ1) is 16.2. The number of carbonyl (C=O) groups is 2. The summed E-state index contributed by atoms with van der Waals surface area (Å²) < 4.78 is 0. The van der Waals surface area contributed by atoms with Gasteiger partial charge in [0.25, 0.3) is 5.91 Å². The third kappa shape index (κ3) is 3.74. The van der Waals surface area contributed by atoms with Gasteiger partial charge in [-0.25, -0.2) is 0 Å². The van der Waals surface area contributed by atoms with Crippen LogP contribution in [0.2, 0.25) is 0 Å². The van der Waals surface area contributed by atoms with Gasteiger partial charge in [0.05, 0.1) is 17.3 Å². The van der Waals surface area contributed by atoms with Gasteiger partial charge in [-0.05, 0) is 43.5 Å². The lowest BCUT2D eigenvalue weighted by atomic mass is 9.98. The van der Waals surface area contributed by atoms with E-state index in [1.54, 1.807) is 0 Å². The van der Waals surface area contributed by atoms with Gasteiger partial charge < -0.3 is 10.4 Å². The van der Waals surface area contributed by atoms with E-state index in [1.807, 2.05) is 51.1 Å². The van der Waals surface area contributed by atoms with Crippen molar-refractivity contribution in [2.24, 2.45) is 0 Å². The number of amides is 1. The molecule has 1 unspecified atom stereocenters. The number of benzene rings is 1. The lowest BCUT2D eigenvalue weighted by molar-refractivity contribution is -0.137. The molecule has 0 aliphatic rings. The van der Waals surface area contributed by atoms with Gasteiger partial charge in [0.15, 0.2) is 0 Å². The van der Waals surface area contributed by atoms with E-state index in [-0.39, 0.29) is 12.3 Å². The molecular weight excluding hydrogens is 298 g/mol. The quantitative estimate of drug-likeness (QED) is 0.885. The van der Waals surface area contributed by atoms with Gasteiger partial charge in [-0.3, -0.25) is 9.59 Å². The Morgan fingerprint density at radius 2 is 1.86 bits per heavy atom. The summed E-state index contributed by atoms with van der Waals surface area (Å²) >= 11 is 1.42. The van der Waals surface area contributed by atoms with Crippen LogP contribution < -0.4 is 5.32 Å². The Kier molecular flexibility index (Phi) is 4.98. The Labute approximate surface area is 133 Å². The molecule has 1 aromatic heterocycles. The van der Waals surface area contributed by atoms with Crippen LogP contribution in [0.25, 0.3) is 0 Å². The smallest absolute Gasteiger partial charge is 0.305 e. The summed E-state index contributed by atoms with van der Waals surface area (Å²) in [6, 6.07) is 8.82. The molecule has 1 amide bonds. The molecule has 116 valence electrons. The zero-order chi connectivity index (χ0) is 16.3. The van der Waals surface area contributed by atoms with Crippen LogP contribution in [-0.4, -0.2) is 17.0 Å². The van der Waals surface area contributed by atoms with Gasteiger partial charge in [0.2, 0.25) is 0 Å². The maximum atomic E-state index is 12.4. The molecule has 1 aromatic carbocycles. The number of hydrogen-bond donors (Lipinski definition) is 2. The first-order chi connectivity index (χ1) is 10.4. The Bertz CT molecular complexity index is 686. The summed E-state index contributed by atoms with van der Waals surface area (Å²) in [5.41, 5.74) is 2.87. The van der Waals surface area contributed by atoms with E-state index in [4.69, 9.17) is 5.11 Å². The average molecular weight is 317 g/mol. The van der Waals surface area contributed by atoms with Gasteiger partial charge in [-0.2, -0.15) is 0 Å². The van der Waals surface area contributed by atoms with E-state index < -0.39 is 12.0 Å². The van der Waals surface area contributed by atoms with E-state index in [0.717, 1.165) is 21.6 Å².